The molecule has 0 fully saturated rings. The van der Waals surface area contributed by atoms with Gasteiger partial charge in [0.2, 0.25) is 0 Å². The number of carbonyl (C=O) groups is 1. The number of fused-ring (bicyclic) bond motifs is 1. The monoisotopic (exact) mass is 391 g/mol. The van der Waals surface area contributed by atoms with Crippen LogP contribution in [0.5, 0.6) is 5.75 Å². The van der Waals surface area contributed by atoms with E-state index >= 15 is 0 Å². The average molecular weight is 391 g/mol. The molecule has 0 atom stereocenters. The molecule has 3 aromatic rings. The second-order valence-corrected chi connectivity index (χ2v) is 6.65. The van der Waals surface area contributed by atoms with Crippen molar-refractivity contribution in [3.05, 3.63) is 64.5 Å². The van der Waals surface area contributed by atoms with E-state index in [9.17, 15) is 18.4 Å². The van der Waals surface area contributed by atoms with Gasteiger partial charge in [0.25, 0.3) is 11.7 Å². The molecule has 0 aliphatic heterocycles. The van der Waals surface area contributed by atoms with E-state index < -0.39 is 17.3 Å². The maximum absolute atomic E-state index is 12.6. The molecule has 0 aliphatic rings. The van der Waals surface area contributed by atoms with Crippen molar-refractivity contribution in [3.63, 3.8) is 0 Å². The highest BCUT2D eigenvalue weighted by atomic mass is 32.2. The van der Waals surface area contributed by atoms with Crippen LogP contribution >= 0.6 is 11.8 Å². The number of aryl methyl sites for hydroxylation is 1. The van der Waals surface area contributed by atoms with Crippen LogP contribution < -0.4 is 15.7 Å². The van der Waals surface area contributed by atoms with E-state index in [-0.39, 0.29) is 17.2 Å². The van der Waals surface area contributed by atoms with Crippen molar-refractivity contribution in [2.45, 2.75) is 17.6 Å². The Balaban J connectivity index is 1.68. The minimum atomic E-state index is -2.59. The molecule has 5 nitrogen and oxygen atoms in total. The van der Waals surface area contributed by atoms with Crippen LogP contribution in [0.25, 0.3) is 11.0 Å². The molecule has 0 saturated heterocycles. The lowest BCUT2D eigenvalue weighted by atomic mass is 10.1. The normalized spacial score (nSPS) is 11.0. The topological polar surface area (TPSA) is 68.5 Å². The van der Waals surface area contributed by atoms with Gasteiger partial charge < -0.3 is 14.5 Å². The summed E-state index contributed by atoms with van der Waals surface area (Å²) in [6.45, 7) is 1.47. The second-order valence-electron chi connectivity index (χ2n) is 5.62. The largest absolute Gasteiger partial charge is 0.484 e. The van der Waals surface area contributed by atoms with Crippen LogP contribution in [0.3, 0.4) is 0 Å². The lowest BCUT2D eigenvalue weighted by Crippen LogP contribution is -2.20. The number of benzene rings is 2. The Bertz CT molecular complexity index is 1040. The molecular formula is C19H15F2NO4S. The van der Waals surface area contributed by atoms with Gasteiger partial charge in [-0.2, -0.15) is 8.78 Å². The lowest BCUT2D eigenvalue weighted by molar-refractivity contribution is -0.118. The number of anilines is 1. The summed E-state index contributed by atoms with van der Waals surface area (Å²) in [4.78, 5) is 23.8. The van der Waals surface area contributed by atoms with Gasteiger partial charge in [-0.1, -0.05) is 23.9 Å². The Morgan fingerprint density at radius 2 is 2.00 bits per heavy atom. The van der Waals surface area contributed by atoms with E-state index in [4.69, 9.17) is 9.15 Å². The van der Waals surface area contributed by atoms with E-state index in [2.05, 4.69) is 5.32 Å². The summed E-state index contributed by atoms with van der Waals surface area (Å²) in [6, 6.07) is 12.6. The summed E-state index contributed by atoms with van der Waals surface area (Å²) in [6.07, 6.45) is 0. The number of thioether (sulfide) groups is 1. The molecule has 8 heteroatoms. The molecule has 0 aliphatic carbocycles. The molecule has 2 aromatic carbocycles. The first kappa shape index (κ1) is 18.9. The van der Waals surface area contributed by atoms with Crippen LogP contribution in [0, 0.1) is 6.92 Å². The molecule has 3 rings (SSSR count). The minimum Gasteiger partial charge on any atom is -0.484 e. The van der Waals surface area contributed by atoms with Crippen molar-refractivity contribution in [3.8, 4) is 5.75 Å². The standard InChI is InChI=1S/C19H15F2NO4S/c1-11-8-18(24)26-15-9-12(6-7-13(11)15)25-10-17(23)22-14-4-2-3-5-16(14)27-19(20)21/h2-9,19H,10H2,1H3,(H,22,23). The summed E-state index contributed by atoms with van der Waals surface area (Å²) in [5, 5.41) is 3.32. The number of para-hydroxylation sites is 1. The van der Waals surface area contributed by atoms with Crippen molar-refractivity contribution in [1.29, 1.82) is 0 Å². The van der Waals surface area contributed by atoms with Gasteiger partial charge >= 0.3 is 5.63 Å². The fraction of sp³-hybridized carbons (Fsp3) is 0.158. The number of rotatable bonds is 6. The number of nitrogens with one attached hydrogen (secondary N) is 1. The summed E-state index contributed by atoms with van der Waals surface area (Å²) < 4.78 is 35.7. The van der Waals surface area contributed by atoms with Crippen LogP contribution in [-0.2, 0) is 4.79 Å². The number of hydrogen-bond donors (Lipinski definition) is 1. The quantitative estimate of drug-likeness (QED) is 0.497. The third kappa shape index (κ3) is 4.85. The molecule has 0 bridgehead atoms. The first-order valence-corrected chi connectivity index (χ1v) is 8.81. The Kier molecular flexibility index (Phi) is 5.75. The smallest absolute Gasteiger partial charge is 0.336 e. The van der Waals surface area contributed by atoms with Crippen LogP contribution in [0.2, 0.25) is 0 Å². The molecule has 140 valence electrons. The molecule has 1 heterocycles. The lowest BCUT2D eigenvalue weighted by Gasteiger charge is -2.11. The van der Waals surface area contributed by atoms with Gasteiger partial charge in [0.05, 0.1) is 5.69 Å². The summed E-state index contributed by atoms with van der Waals surface area (Å²) in [7, 11) is 0. The van der Waals surface area contributed by atoms with Gasteiger partial charge in [0.1, 0.15) is 11.3 Å². The highest BCUT2D eigenvalue weighted by molar-refractivity contribution is 7.99. The van der Waals surface area contributed by atoms with E-state index in [1.54, 1.807) is 31.2 Å². The first-order valence-electron chi connectivity index (χ1n) is 7.93. The van der Waals surface area contributed by atoms with Gasteiger partial charge in [-0.3, -0.25) is 4.79 Å². The SMILES string of the molecule is Cc1cc(=O)oc2cc(OCC(=O)Nc3ccccc3SC(F)F)ccc12. The Hall–Kier alpha value is -2.87. The highest BCUT2D eigenvalue weighted by Crippen LogP contribution is 2.31. The fourth-order valence-corrected chi connectivity index (χ4v) is 3.09. The van der Waals surface area contributed by atoms with Crippen LogP contribution in [0.4, 0.5) is 14.5 Å². The average Bonchev–Trinajstić information content (AvgIpc) is 2.61. The summed E-state index contributed by atoms with van der Waals surface area (Å²) in [5.41, 5.74) is 0.954. The molecule has 27 heavy (non-hydrogen) atoms. The van der Waals surface area contributed by atoms with Gasteiger partial charge in [0, 0.05) is 22.4 Å². The number of hydrogen-bond acceptors (Lipinski definition) is 5. The van der Waals surface area contributed by atoms with E-state index in [1.807, 2.05) is 0 Å². The number of alkyl halides is 2. The zero-order valence-electron chi connectivity index (χ0n) is 14.2. The third-order valence-electron chi connectivity index (χ3n) is 3.67. The fourth-order valence-electron chi connectivity index (χ4n) is 2.50. The summed E-state index contributed by atoms with van der Waals surface area (Å²) >= 11 is 0.355. The van der Waals surface area contributed by atoms with Crippen molar-refractivity contribution >= 4 is 34.3 Å². The van der Waals surface area contributed by atoms with Crippen molar-refractivity contribution in [2.24, 2.45) is 0 Å². The molecule has 1 N–H and O–H groups in total. The van der Waals surface area contributed by atoms with Crippen molar-refractivity contribution in [2.75, 3.05) is 11.9 Å². The number of amides is 1. The Labute approximate surface area is 157 Å². The molecule has 1 aromatic heterocycles. The number of halogens is 2. The first-order chi connectivity index (χ1) is 12.9. The number of carbonyl (C=O) groups excluding carboxylic acids is 1. The van der Waals surface area contributed by atoms with Gasteiger partial charge in [-0.15, -0.1) is 0 Å². The molecule has 0 radical (unpaired) electrons. The molecule has 0 spiro atoms. The zero-order valence-corrected chi connectivity index (χ0v) is 15.0. The number of ether oxygens (including phenoxy) is 1. The Morgan fingerprint density at radius 3 is 2.78 bits per heavy atom. The summed E-state index contributed by atoms with van der Waals surface area (Å²) in [5.74, 6) is -2.74. The van der Waals surface area contributed by atoms with E-state index in [0.717, 1.165) is 10.9 Å². The third-order valence-corrected chi connectivity index (χ3v) is 4.46. The Morgan fingerprint density at radius 1 is 1.22 bits per heavy atom. The molecule has 0 saturated carbocycles. The molecular weight excluding hydrogens is 376 g/mol. The van der Waals surface area contributed by atoms with Gasteiger partial charge in [0.15, 0.2) is 6.61 Å². The van der Waals surface area contributed by atoms with Crippen LogP contribution in [-0.4, -0.2) is 18.3 Å². The van der Waals surface area contributed by atoms with E-state index in [0.29, 0.717) is 23.1 Å². The van der Waals surface area contributed by atoms with Crippen LogP contribution in [0.1, 0.15) is 5.56 Å². The second kappa shape index (κ2) is 8.22. The van der Waals surface area contributed by atoms with E-state index in [1.165, 1.54) is 24.3 Å². The maximum Gasteiger partial charge on any atom is 0.336 e. The minimum absolute atomic E-state index is 0.267. The molecule has 1 amide bonds. The van der Waals surface area contributed by atoms with Gasteiger partial charge in [-0.05, 0) is 36.8 Å². The zero-order chi connectivity index (χ0) is 19.4. The maximum atomic E-state index is 12.6. The predicted molar refractivity (Wildman–Crippen MR) is 99.6 cm³/mol. The van der Waals surface area contributed by atoms with Gasteiger partial charge in [-0.25, -0.2) is 4.79 Å². The van der Waals surface area contributed by atoms with Crippen LogP contribution in [0.15, 0.2) is 62.6 Å². The predicted octanol–water partition coefficient (Wildman–Crippen LogP) is 4.43. The molecule has 0 unspecified atom stereocenters. The van der Waals surface area contributed by atoms with Crippen molar-refractivity contribution in [1.82, 2.24) is 0 Å². The van der Waals surface area contributed by atoms with Crippen molar-refractivity contribution < 1.29 is 22.7 Å². The highest BCUT2D eigenvalue weighted by Gasteiger charge is 2.12.